The minimum Gasteiger partial charge on any atom is -0.494 e. The zero-order valence-electron chi connectivity index (χ0n) is 13.7. The van der Waals surface area contributed by atoms with Crippen molar-refractivity contribution in [2.45, 2.75) is 18.9 Å². The Morgan fingerprint density at radius 3 is 2.76 bits per heavy atom. The number of benzene rings is 1. The van der Waals surface area contributed by atoms with Gasteiger partial charge in [0, 0.05) is 30.8 Å². The number of sulfone groups is 1. The predicted octanol–water partition coefficient (Wildman–Crippen LogP) is 0.808. The van der Waals surface area contributed by atoms with Crippen LogP contribution in [0, 0.1) is 11.7 Å². The van der Waals surface area contributed by atoms with E-state index in [-0.39, 0.29) is 53.8 Å². The first-order chi connectivity index (χ1) is 11.8. The molecule has 0 saturated carbocycles. The average Bonchev–Trinajstić information content (AvgIpc) is 3.10. The Labute approximate surface area is 145 Å². The van der Waals surface area contributed by atoms with Gasteiger partial charge in [0.05, 0.1) is 24.5 Å². The quantitative estimate of drug-likeness (QED) is 0.847. The third-order valence-corrected chi connectivity index (χ3v) is 6.35. The number of anilines is 1. The molecular weight excluding hydrogens is 351 g/mol. The number of halogens is 1. The first kappa shape index (κ1) is 17.7. The SMILES string of the molecule is COc1ccc(NC(=O)[C@@H]2CC(=O)N([C@H]3CCS(=O)(=O)C3)C2)cc1F. The Bertz CT molecular complexity index is 811. The van der Waals surface area contributed by atoms with Gasteiger partial charge in [-0.1, -0.05) is 0 Å². The largest absolute Gasteiger partial charge is 0.494 e. The van der Waals surface area contributed by atoms with Gasteiger partial charge in [-0.3, -0.25) is 9.59 Å². The molecule has 136 valence electrons. The number of hydrogen-bond donors (Lipinski definition) is 1. The molecule has 0 aromatic heterocycles. The van der Waals surface area contributed by atoms with Gasteiger partial charge in [0.15, 0.2) is 21.4 Å². The molecule has 2 amide bonds. The summed E-state index contributed by atoms with van der Waals surface area (Å²) in [7, 11) is -1.76. The number of nitrogens with zero attached hydrogens (tertiary/aromatic N) is 1. The van der Waals surface area contributed by atoms with E-state index >= 15 is 0 Å². The van der Waals surface area contributed by atoms with E-state index in [0.717, 1.165) is 6.07 Å². The van der Waals surface area contributed by atoms with E-state index in [9.17, 15) is 22.4 Å². The molecule has 2 heterocycles. The molecule has 3 rings (SSSR count). The van der Waals surface area contributed by atoms with Crippen molar-refractivity contribution < 1.29 is 27.1 Å². The molecule has 0 aliphatic carbocycles. The normalized spacial score (nSPS) is 25.2. The van der Waals surface area contributed by atoms with Crippen LogP contribution in [0.5, 0.6) is 5.75 Å². The highest BCUT2D eigenvalue weighted by atomic mass is 32.2. The standard InChI is InChI=1S/C16H19FN2O5S/c1-24-14-3-2-11(7-13(14)17)18-16(21)10-6-15(20)19(8-10)12-4-5-25(22,23)9-12/h2-3,7,10,12H,4-6,8-9H2,1H3,(H,18,21)/t10-,12+/m1/s1. The van der Waals surface area contributed by atoms with Gasteiger partial charge in [-0.25, -0.2) is 12.8 Å². The lowest BCUT2D eigenvalue weighted by Gasteiger charge is -2.22. The smallest absolute Gasteiger partial charge is 0.229 e. The fourth-order valence-corrected chi connectivity index (χ4v) is 5.00. The number of hydrogen-bond acceptors (Lipinski definition) is 5. The van der Waals surface area contributed by atoms with Crippen LogP contribution in [-0.4, -0.2) is 56.3 Å². The highest BCUT2D eigenvalue weighted by molar-refractivity contribution is 7.91. The molecule has 2 aliphatic heterocycles. The lowest BCUT2D eigenvalue weighted by Crippen LogP contribution is -2.38. The Morgan fingerprint density at radius 1 is 1.40 bits per heavy atom. The zero-order valence-corrected chi connectivity index (χ0v) is 14.5. The fourth-order valence-electron chi connectivity index (χ4n) is 3.27. The topological polar surface area (TPSA) is 92.8 Å². The number of amides is 2. The molecule has 2 fully saturated rings. The van der Waals surface area contributed by atoms with Gasteiger partial charge in [-0.05, 0) is 18.6 Å². The fraction of sp³-hybridized carbons (Fsp3) is 0.500. The van der Waals surface area contributed by atoms with E-state index in [2.05, 4.69) is 5.32 Å². The van der Waals surface area contributed by atoms with Crippen LogP contribution in [0.25, 0.3) is 0 Å². The van der Waals surface area contributed by atoms with Gasteiger partial charge in [0.25, 0.3) is 0 Å². The first-order valence-electron chi connectivity index (χ1n) is 7.93. The molecule has 0 radical (unpaired) electrons. The Morgan fingerprint density at radius 2 is 2.16 bits per heavy atom. The average molecular weight is 370 g/mol. The summed E-state index contributed by atoms with van der Waals surface area (Å²) in [6.45, 7) is 0.184. The van der Waals surface area contributed by atoms with Crippen LogP contribution in [0.4, 0.5) is 10.1 Å². The summed E-state index contributed by atoms with van der Waals surface area (Å²) in [5, 5.41) is 2.59. The second-order valence-corrected chi connectivity index (χ2v) is 8.57. The summed E-state index contributed by atoms with van der Waals surface area (Å²) in [6, 6.07) is 3.71. The van der Waals surface area contributed by atoms with Crippen molar-refractivity contribution in [3.63, 3.8) is 0 Å². The van der Waals surface area contributed by atoms with E-state index < -0.39 is 21.6 Å². The summed E-state index contributed by atoms with van der Waals surface area (Å²) in [6.07, 6.45) is 0.438. The van der Waals surface area contributed by atoms with Gasteiger partial charge < -0.3 is 15.0 Å². The molecule has 9 heteroatoms. The summed E-state index contributed by atoms with van der Waals surface area (Å²) < 4.78 is 41.7. The monoisotopic (exact) mass is 370 g/mol. The van der Waals surface area contributed by atoms with Crippen molar-refractivity contribution in [2.24, 2.45) is 5.92 Å². The minimum absolute atomic E-state index is 0.0288. The summed E-state index contributed by atoms with van der Waals surface area (Å²) >= 11 is 0. The number of carbonyl (C=O) groups is 2. The minimum atomic E-state index is -3.10. The molecule has 7 nitrogen and oxygen atoms in total. The molecule has 25 heavy (non-hydrogen) atoms. The van der Waals surface area contributed by atoms with Gasteiger partial charge >= 0.3 is 0 Å². The molecule has 1 N–H and O–H groups in total. The molecular formula is C16H19FN2O5S. The molecule has 2 atom stereocenters. The van der Waals surface area contributed by atoms with Gasteiger partial charge in [-0.15, -0.1) is 0 Å². The Kier molecular flexibility index (Phi) is 4.68. The highest BCUT2D eigenvalue weighted by Crippen LogP contribution is 2.27. The summed E-state index contributed by atoms with van der Waals surface area (Å²) in [5.41, 5.74) is 0.276. The maximum atomic E-state index is 13.7. The molecule has 2 saturated heterocycles. The lowest BCUT2D eigenvalue weighted by atomic mass is 10.1. The molecule has 2 aliphatic rings. The van der Waals surface area contributed by atoms with E-state index in [1.807, 2.05) is 0 Å². The Balaban J connectivity index is 1.64. The highest BCUT2D eigenvalue weighted by Gasteiger charge is 2.41. The van der Waals surface area contributed by atoms with Crippen LogP contribution in [0.15, 0.2) is 18.2 Å². The number of rotatable bonds is 4. The van der Waals surface area contributed by atoms with Gasteiger partial charge in [0.1, 0.15) is 0 Å². The third-order valence-electron chi connectivity index (χ3n) is 4.60. The van der Waals surface area contributed by atoms with Gasteiger partial charge in [-0.2, -0.15) is 0 Å². The maximum absolute atomic E-state index is 13.7. The van der Waals surface area contributed by atoms with Crippen LogP contribution in [-0.2, 0) is 19.4 Å². The van der Waals surface area contributed by atoms with Crippen LogP contribution in [0.1, 0.15) is 12.8 Å². The van der Waals surface area contributed by atoms with Crippen LogP contribution >= 0.6 is 0 Å². The Hall–Kier alpha value is -2.16. The summed E-state index contributed by atoms with van der Waals surface area (Å²) in [5.74, 6) is -1.69. The van der Waals surface area contributed by atoms with Crippen LogP contribution in [0.2, 0.25) is 0 Å². The van der Waals surface area contributed by atoms with E-state index in [1.54, 1.807) is 0 Å². The van der Waals surface area contributed by atoms with Crippen molar-refractivity contribution in [3.05, 3.63) is 24.0 Å². The third kappa shape index (κ3) is 3.76. The number of methoxy groups -OCH3 is 1. The zero-order chi connectivity index (χ0) is 18.2. The number of nitrogens with one attached hydrogen (secondary N) is 1. The van der Waals surface area contributed by atoms with Crippen LogP contribution in [0.3, 0.4) is 0 Å². The molecule has 1 aromatic rings. The molecule has 0 bridgehead atoms. The van der Waals surface area contributed by atoms with Crippen molar-refractivity contribution >= 4 is 27.3 Å². The number of likely N-dealkylation sites (tertiary alicyclic amines) is 1. The number of carbonyl (C=O) groups excluding carboxylic acids is 2. The second-order valence-electron chi connectivity index (χ2n) is 6.34. The van der Waals surface area contributed by atoms with E-state index in [4.69, 9.17) is 4.74 Å². The van der Waals surface area contributed by atoms with Crippen molar-refractivity contribution in [2.75, 3.05) is 30.5 Å². The van der Waals surface area contributed by atoms with Crippen molar-refractivity contribution in [1.82, 2.24) is 4.90 Å². The predicted molar refractivity (Wildman–Crippen MR) is 88.5 cm³/mol. The summed E-state index contributed by atoms with van der Waals surface area (Å²) in [4.78, 5) is 26.0. The van der Waals surface area contributed by atoms with E-state index in [0.29, 0.717) is 6.42 Å². The first-order valence-corrected chi connectivity index (χ1v) is 9.75. The number of ether oxygens (including phenoxy) is 1. The lowest BCUT2D eigenvalue weighted by molar-refractivity contribution is -0.129. The maximum Gasteiger partial charge on any atom is 0.229 e. The molecule has 1 aromatic carbocycles. The second kappa shape index (κ2) is 6.62. The van der Waals surface area contributed by atoms with E-state index in [1.165, 1.54) is 24.1 Å². The van der Waals surface area contributed by atoms with Crippen molar-refractivity contribution in [3.8, 4) is 5.75 Å². The molecule has 0 spiro atoms. The van der Waals surface area contributed by atoms with Crippen molar-refractivity contribution in [1.29, 1.82) is 0 Å². The van der Waals surface area contributed by atoms with Gasteiger partial charge in [0.2, 0.25) is 11.8 Å². The van der Waals surface area contributed by atoms with Crippen LogP contribution < -0.4 is 10.1 Å². The molecule has 0 unspecified atom stereocenters.